The largest absolute Gasteiger partial charge is 0.368 e. The molecule has 1 N–H and O–H groups in total. The summed E-state index contributed by atoms with van der Waals surface area (Å²) in [5, 5.41) is 6.99. The zero-order valence-electron chi connectivity index (χ0n) is 14.7. The summed E-state index contributed by atoms with van der Waals surface area (Å²) in [6.07, 6.45) is 10.6. The molecule has 1 amide bonds. The molecule has 0 radical (unpaired) electrons. The van der Waals surface area contributed by atoms with Crippen molar-refractivity contribution in [2.45, 2.75) is 70.4 Å². The van der Waals surface area contributed by atoms with Crippen molar-refractivity contribution in [2.75, 3.05) is 6.61 Å². The molecule has 0 unspecified atom stereocenters. The van der Waals surface area contributed by atoms with Crippen LogP contribution in [0.1, 0.15) is 75.6 Å². The molecule has 1 saturated heterocycles. The molecule has 1 aromatic rings. The van der Waals surface area contributed by atoms with Gasteiger partial charge in [-0.1, -0.05) is 5.16 Å². The lowest BCUT2D eigenvalue weighted by Gasteiger charge is -2.56. The zero-order valence-corrected chi connectivity index (χ0v) is 14.7. The second-order valence-corrected chi connectivity index (χ2v) is 8.92. The number of carbonyl (C=O) groups excluding carboxylic acids is 1. The minimum Gasteiger partial charge on any atom is -0.368 e. The fourth-order valence-corrected chi connectivity index (χ4v) is 6.33. The third-order valence-corrected chi connectivity index (χ3v) is 6.83. The number of hydrogen-bond acceptors (Lipinski definition) is 5. The Balaban J connectivity index is 1.16. The number of aromatic nitrogens is 2. The van der Waals surface area contributed by atoms with Gasteiger partial charge in [0.1, 0.15) is 6.10 Å². The van der Waals surface area contributed by atoms with Gasteiger partial charge in [0.05, 0.1) is 6.54 Å². The van der Waals surface area contributed by atoms with Crippen molar-refractivity contribution in [3.05, 3.63) is 11.7 Å². The standard InChI is InChI=1S/C19H27N3O3/c23-17(10-19-7-12-4-13(8-19)6-14(5-12)9-19)20-11-16-21-18(25-22-16)15-2-1-3-24-15/h12-15H,1-11H2,(H,20,23)/t12?,13?,14?,15-,19?/m0/s1. The van der Waals surface area contributed by atoms with E-state index in [0.717, 1.165) is 37.2 Å². The number of rotatable bonds is 5. The Bertz CT molecular complexity index is 615. The number of hydrogen-bond donors (Lipinski definition) is 1. The van der Waals surface area contributed by atoms with E-state index in [1.54, 1.807) is 0 Å². The lowest BCUT2D eigenvalue weighted by molar-refractivity contribution is -0.129. The van der Waals surface area contributed by atoms with E-state index in [4.69, 9.17) is 9.26 Å². The number of ether oxygens (including phenoxy) is 1. The van der Waals surface area contributed by atoms with E-state index in [0.29, 0.717) is 24.7 Å². The van der Waals surface area contributed by atoms with E-state index in [9.17, 15) is 4.79 Å². The summed E-state index contributed by atoms with van der Waals surface area (Å²) in [7, 11) is 0. The first-order valence-electron chi connectivity index (χ1n) is 9.88. The first-order valence-corrected chi connectivity index (χ1v) is 9.88. The van der Waals surface area contributed by atoms with Gasteiger partial charge < -0.3 is 14.6 Å². The van der Waals surface area contributed by atoms with Crippen molar-refractivity contribution in [3.8, 4) is 0 Å². The van der Waals surface area contributed by atoms with Gasteiger partial charge in [0.2, 0.25) is 5.91 Å². The summed E-state index contributed by atoms with van der Waals surface area (Å²) in [6, 6.07) is 0. The average Bonchev–Trinajstić information content (AvgIpc) is 3.22. The smallest absolute Gasteiger partial charge is 0.255 e. The summed E-state index contributed by atoms with van der Waals surface area (Å²) >= 11 is 0. The van der Waals surface area contributed by atoms with Crippen molar-refractivity contribution < 1.29 is 14.1 Å². The molecule has 0 aromatic carbocycles. The number of amides is 1. The van der Waals surface area contributed by atoms with Crippen molar-refractivity contribution >= 4 is 5.91 Å². The lowest BCUT2D eigenvalue weighted by Crippen LogP contribution is -2.48. The summed E-state index contributed by atoms with van der Waals surface area (Å²) in [5.41, 5.74) is 0.277. The normalized spacial score (nSPS) is 39.0. The quantitative estimate of drug-likeness (QED) is 0.887. The minimum atomic E-state index is -0.0658. The van der Waals surface area contributed by atoms with Crippen molar-refractivity contribution in [2.24, 2.45) is 23.2 Å². The summed E-state index contributed by atoms with van der Waals surface area (Å²) in [6.45, 7) is 1.10. The van der Waals surface area contributed by atoms with Gasteiger partial charge in [-0.05, 0) is 74.5 Å². The predicted molar refractivity (Wildman–Crippen MR) is 89.3 cm³/mol. The molecule has 6 rings (SSSR count). The maximum absolute atomic E-state index is 12.5. The highest BCUT2D eigenvalue weighted by atomic mass is 16.5. The lowest BCUT2D eigenvalue weighted by atomic mass is 9.49. The first kappa shape index (κ1) is 15.8. The van der Waals surface area contributed by atoms with Crippen LogP contribution in [-0.2, 0) is 16.1 Å². The van der Waals surface area contributed by atoms with Crippen LogP contribution in [-0.4, -0.2) is 22.7 Å². The van der Waals surface area contributed by atoms with E-state index in [-0.39, 0.29) is 17.4 Å². The molecule has 1 aromatic heterocycles. The second kappa shape index (κ2) is 6.08. The fourth-order valence-electron chi connectivity index (χ4n) is 6.33. The first-order chi connectivity index (χ1) is 12.2. The molecule has 136 valence electrons. The molecule has 1 atom stereocenters. The number of nitrogens with one attached hydrogen (secondary N) is 1. The highest BCUT2D eigenvalue weighted by Crippen LogP contribution is 2.61. The third-order valence-electron chi connectivity index (χ3n) is 6.83. The van der Waals surface area contributed by atoms with Crippen LogP contribution in [0.2, 0.25) is 0 Å². The highest BCUT2D eigenvalue weighted by molar-refractivity contribution is 5.76. The molecule has 4 aliphatic carbocycles. The molecule has 4 saturated carbocycles. The molecular weight excluding hydrogens is 318 g/mol. The monoisotopic (exact) mass is 345 g/mol. The Hall–Kier alpha value is -1.43. The summed E-state index contributed by atoms with van der Waals surface area (Å²) in [4.78, 5) is 16.9. The van der Waals surface area contributed by atoms with E-state index in [1.807, 2.05) is 0 Å². The minimum absolute atomic E-state index is 0.0658. The molecule has 25 heavy (non-hydrogen) atoms. The maximum atomic E-state index is 12.5. The van der Waals surface area contributed by atoms with E-state index in [1.165, 1.54) is 38.5 Å². The van der Waals surface area contributed by atoms with Gasteiger partial charge in [-0.2, -0.15) is 4.98 Å². The Labute approximate surface area is 148 Å². The van der Waals surface area contributed by atoms with Crippen molar-refractivity contribution in [3.63, 3.8) is 0 Å². The van der Waals surface area contributed by atoms with Gasteiger partial charge in [-0.3, -0.25) is 4.79 Å². The number of carbonyl (C=O) groups is 1. The van der Waals surface area contributed by atoms with Crippen LogP contribution in [0, 0.1) is 23.2 Å². The van der Waals surface area contributed by atoms with Crippen LogP contribution in [0.3, 0.4) is 0 Å². The molecule has 4 bridgehead atoms. The van der Waals surface area contributed by atoms with Gasteiger partial charge in [-0.15, -0.1) is 0 Å². The van der Waals surface area contributed by atoms with E-state index < -0.39 is 0 Å². The summed E-state index contributed by atoms with van der Waals surface area (Å²) in [5.74, 6) is 3.87. The van der Waals surface area contributed by atoms with Crippen molar-refractivity contribution in [1.82, 2.24) is 15.5 Å². The second-order valence-electron chi connectivity index (χ2n) is 8.92. The number of nitrogens with zero attached hydrogens (tertiary/aromatic N) is 2. The Morgan fingerprint density at radius 1 is 1.16 bits per heavy atom. The van der Waals surface area contributed by atoms with Crippen LogP contribution in [0.4, 0.5) is 0 Å². The molecule has 6 heteroatoms. The average molecular weight is 345 g/mol. The van der Waals surface area contributed by atoms with Crippen LogP contribution in [0.25, 0.3) is 0 Å². The van der Waals surface area contributed by atoms with Crippen LogP contribution in [0.15, 0.2) is 4.52 Å². The molecule has 2 heterocycles. The van der Waals surface area contributed by atoms with Gasteiger partial charge in [0.25, 0.3) is 5.89 Å². The van der Waals surface area contributed by atoms with Crippen LogP contribution < -0.4 is 5.32 Å². The van der Waals surface area contributed by atoms with Gasteiger partial charge >= 0.3 is 0 Å². The predicted octanol–water partition coefficient (Wildman–Crippen LogP) is 3.14. The SMILES string of the molecule is O=C(CC12CC3CC(CC(C3)C1)C2)NCc1noc([C@@H]2CCCO2)n1. The molecular formula is C19H27N3O3. The molecule has 0 spiro atoms. The fraction of sp³-hybridized carbons (Fsp3) is 0.842. The van der Waals surface area contributed by atoms with E-state index >= 15 is 0 Å². The van der Waals surface area contributed by atoms with Gasteiger partial charge in [-0.25, -0.2) is 0 Å². The Morgan fingerprint density at radius 2 is 1.88 bits per heavy atom. The van der Waals surface area contributed by atoms with Crippen molar-refractivity contribution in [1.29, 1.82) is 0 Å². The zero-order chi connectivity index (χ0) is 16.9. The van der Waals surface area contributed by atoms with E-state index in [2.05, 4.69) is 15.5 Å². The van der Waals surface area contributed by atoms with Crippen LogP contribution >= 0.6 is 0 Å². The molecule has 5 fully saturated rings. The van der Waals surface area contributed by atoms with Gasteiger partial charge in [0.15, 0.2) is 5.82 Å². The molecule has 5 aliphatic rings. The van der Waals surface area contributed by atoms with Crippen LogP contribution in [0.5, 0.6) is 0 Å². The maximum Gasteiger partial charge on any atom is 0.255 e. The Kier molecular flexibility index (Phi) is 3.84. The molecule has 1 aliphatic heterocycles. The molecule has 6 nitrogen and oxygen atoms in total. The third kappa shape index (κ3) is 3.09. The van der Waals surface area contributed by atoms with Gasteiger partial charge in [0, 0.05) is 13.0 Å². The summed E-state index contributed by atoms with van der Waals surface area (Å²) < 4.78 is 10.8. The highest BCUT2D eigenvalue weighted by Gasteiger charge is 2.51. The Morgan fingerprint density at radius 3 is 2.52 bits per heavy atom. The topological polar surface area (TPSA) is 77.2 Å².